The van der Waals surface area contributed by atoms with E-state index in [2.05, 4.69) is 27.2 Å². The molecule has 1 aliphatic heterocycles. The fourth-order valence-electron chi connectivity index (χ4n) is 4.14. The van der Waals surface area contributed by atoms with Crippen molar-refractivity contribution in [2.75, 3.05) is 31.1 Å². The Kier molecular flexibility index (Phi) is 5.20. The Balaban J connectivity index is 1.34. The van der Waals surface area contributed by atoms with Crippen molar-refractivity contribution in [3.8, 4) is 5.75 Å². The smallest absolute Gasteiger partial charge is 0.263 e. The average molecular weight is 380 g/mol. The number of anilines is 1. The van der Waals surface area contributed by atoms with Crippen LogP contribution in [0.2, 0.25) is 0 Å². The number of carbonyl (C=O) groups excluding carboxylic acids is 1. The molecule has 0 spiro atoms. The zero-order chi connectivity index (χ0) is 19.7. The summed E-state index contributed by atoms with van der Waals surface area (Å²) in [6.45, 7) is 8.81. The first-order valence-electron chi connectivity index (χ1n) is 10.1. The van der Waals surface area contributed by atoms with Crippen LogP contribution in [0.15, 0.2) is 24.3 Å². The van der Waals surface area contributed by atoms with Gasteiger partial charge >= 0.3 is 0 Å². The minimum atomic E-state index is -0.493. The van der Waals surface area contributed by atoms with Crippen molar-refractivity contribution in [3.05, 3.63) is 46.6 Å². The van der Waals surface area contributed by atoms with Gasteiger partial charge in [0.05, 0.1) is 5.69 Å². The lowest BCUT2D eigenvalue weighted by Crippen LogP contribution is -2.52. The lowest BCUT2D eigenvalue weighted by atomic mass is 10.1. The van der Waals surface area contributed by atoms with Gasteiger partial charge in [-0.25, -0.2) is 0 Å². The molecule has 0 radical (unpaired) electrons. The van der Waals surface area contributed by atoms with E-state index in [9.17, 15) is 4.79 Å². The molecule has 0 N–H and O–H groups in total. The highest BCUT2D eigenvalue weighted by Crippen LogP contribution is 2.24. The molecule has 0 bridgehead atoms. The molecule has 1 atom stereocenters. The molecule has 4 rings (SSSR count). The molecule has 2 heterocycles. The Hall–Kier alpha value is -2.63. The second-order valence-electron chi connectivity index (χ2n) is 7.92. The highest BCUT2D eigenvalue weighted by Gasteiger charge is 2.27. The molecule has 1 aromatic carbocycles. The Morgan fingerprint density at radius 2 is 1.71 bits per heavy atom. The molecule has 1 aromatic heterocycles. The Bertz CT molecular complexity index is 855. The highest BCUT2D eigenvalue weighted by molar-refractivity contribution is 5.81. The monoisotopic (exact) mass is 380 g/mol. The molecule has 6 heteroatoms. The van der Waals surface area contributed by atoms with Gasteiger partial charge in [0.25, 0.3) is 5.91 Å². The maximum atomic E-state index is 12.8. The molecule has 6 nitrogen and oxygen atoms in total. The first-order chi connectivity index (χ1) is 13.5. The second kappa shape index (κ2) is 7.78. The van der Waals surface area contributed by atoms with Crippen molar-refractivity contribution < 1.29 is 9.53 Å². The van der Waals surface area contributed by atoms with Gasteiger partial charge in [-0.15, -0.1) is 5.10 Å². The van der Waals surface area contributed by atoms with E-state index in [-0.39, 0.29) is 5.91 Å². The summed E-state index contributed by atoms with van der Waals surface area (Å²) in [6.07, 6.45) is 2.83. The van der Waals surface area contributed by atoms with E-state index in [1.165, 1.54) is 12.0 Å². The van der Waals surface area contributed by atoms with E-state index in [4.69, 9.17) is 4.74 Å². The van der Waals surface area contributed by atoms with Crippen LogP contribution in [0.25, 0.3) is 0 Å². The third-order valence-corrected chi connectivity index (χ3v) is 5.58. The number of piperazine rings is 1. The maximum Gasteiger partial charge on any atom is 0.263 e. The summed E-state index contributed by atoms with van der Waals surface area (Å²) < 4.78 is 5.93. The highest BCUT2D eigenvalue weighted by atomic mass is 16.5. The number of fused-ring (bicyclic) bond motifs is 1. The summed E-state index contributed by atoms with van der Waals surface area (Å²) in [5, 5.41) is 8.78. The number of rotatable bonds is 4. The first-order valence-corrected chi connectivity index (χ1v) is 10.1. The van der Waals surface area contributed by atoms with Crippen molar-refractivity contribution in [1.29, 1.82) is 0 Å². The van der Waals surface area contributed by atoms with Gasteiger partial charge < -0.3 is 14.5 Å². The topological polar surface area (TPSA) is 58.6 Å². The average Bonchev–Trinajstić information content (AvgIpc) is 3.14. The summed E-state index contributed by atoms with van der Waals surface area (Å²) in [5.74, 6) is 1.73. The maximum absolute atomic E-state index is 12.8. The summed E-state index contributed by atoms with van der Waals surface area (Å²) >= 11 is 0. The molecule has 1 amide bonds. The molecular weight excluding hydrogens is 352 g/mol. The molecule has 1 unspecified atom stereocenters. The molecule has 2 aromatic rings. The van der Waals surface area contributed by atoms with Crippen molar-refractivity contribution in [1.82, 2.24) is 15.1 Å². The van der Waals surface area contributed by atoms with Crippen LogP contribution >= 0.6 is 0 Å². The molecule has 1 saturated heterocycles. The Morgan fingerprint density at radius 1 is 1.00 bits per heavy atom. The lowest BCUT2D eigenvalue weighted by Gasteiger charge is -2.36. The fourth-order valence-corrected chi connectivity index (χ4v) is 4.14. The molecule has 148 valence electrons. The zero-order valence-electron chi connectivity index (χ0n) is 16.9. The number of benzene rings is 1. The van der Waals surface area contributed by atoms with Gasteiger partial charge in [0.15, 0.2) is 11.9 Å². The van der Waals surface area contributed by atoms with Crippen LogP contribution in [-0.4, -0.2) is 53.3 Å². The Labute approximate surface area is 166 Å². The van der Waals surface area contributed by atoms with Crippen molar-refractivity contribution in [3.63, 3.8) is 0 Å². The van der Waals surface area contributed by atoms with E-state index < -0.39 is 6.10 Å². The normalized spacial score (nSPS) is 17.4. The fraction of sp³-hybridized carbons (Fsp3) is 0.500. The van der Waals surface area contributed by atoms with Gasteiger partial charge in [-0.05, 0) is 74.9 Å². The minimum Gasteiger partial charge on any atom is -0.481 e. The van der Waals surface area contributed by atoms with E-state index in [1.54, 1.807) is 0 Å². The summed E-state index contributed by atoms with van der Waals surface area (Å²) in [5.41, 5.74) is 4.76. The SMILES string of the molecule is Cc1cc(C)cc(OC(C)C(=O)N2CCN(c3cc4c(nn3)CCC4)CC2)c1. The van der Waals surface area contributed by atoms with Crippen LogP contribution in [0.5, 0.6) is 5.75 Å². The standard InChI is InChI=1S/C22H28N4O2/c1-15-11-16(2)13-19(12-15)28-17(3)22(27)26-9-7-25(8-10-26)21-14-18-5-4-6-20(18)23-24-21/h11-14,17H,4-10H2,1-3H3. The lowest BCUT2D eigenvalue weighted by molar-refractivity contribution is -0.138. The van der Waals surface area contributed by atoms with Gasteiger partial charge in [-0.2, -0.15) is 5.10 Å². The number of aromatic nitrogens is 2. The van der Waals surface area contributed by atoms with Gasteiger partial charge in [-0.3, -0.25) is 4.79 Å². The van der Waals surface area contributed by atoms with Crippen molar-refractivity contribution >= 4 is 11.7 Å². The van der Waals surface area contributed by atoms with Crippen LogP contribution in [0, 0.1) is 13.8 Å². The molecule has 2 aliphatic rings. The number of carbonyl (C=O) groups is 1. The quantitative estimate of drug-likeness (QED) is 0.816. The minimum absolute atomic E-state index is 0.0406. The van der Waals surface area contributed by atoms with E-state index in [0.29, 0.717) is 13.1 Å². The zero-order valence-corrected chi connectivity index (χ0v) is 16.9. The van der Waals surface area contributed by atoms with Crippen LogP contribution < -0.4 is 9.64 Å². The predicted molar refractivity (Wildman–Crippen MR) is 109 cm³/mol. The third kappa shape index (κ3) is 3.96. The summed E-state index contributed by atoms with van der Waals surface area (Å²) in [6, 6.07) is 8.22. The van der Waals surface area contributed by atoms with Gasteiger partial charge in [-0.1, -0.05) is 6.07 Å². The van der Waals surface area contributed by atoms with Crippen LogP contribution in [0.1, 0.15) is 35.7 Å². The number of amides is 1. The molecule has 0 saturated carbocycles. The largest absolute Gasteiger partial charge is 0.481 e. The number of nitrogens with zero attached hydrogens (tertiary/aromatic N) is 4. The van der Waals surface area contributed by atoms with Crippen molar-refractivity contribution in [2.45, 2.75) is 46.1 Å². The van der Waals surface area contributed by atoms with E-state index in [1.807, 2.05) is 37.8 Å². The number of ether oxygens (including phenoxy) is 1. The summed E-state index contributed by atoms with van der Waals surface area (Å²) in [4.78, 5) is 16.9. The second-order valence-corrected chi connectivity index (χ2v) is 7.92. The number of aryl methyl sites for hydroxylation is 4. The van der Waals surface area contributed by atoms with Crippen LogP contribution in [0.4, 0.5) is 5.82 Å². The van der Waals surface area contributed by atoms with Gasteiger partial charge in [0.1, 0.15) is 5.75 Å². The predicted octanol–water partition coefficient (Wildman–Crippen LogP) is 2.70. The first kappa shape index (κ1) is 18.7. The van der Waals surface area contributed by atoms with Crippen molar-refractivity contribution in [2.24, 2.45) is 0 Å². The van der Waals surface area contributed by atoms with E-state index >= 15 is 0 Å². The number of hydrogen-bond donors (Lipinski definition) is 0. The van der Waals surface area contributed by atoms with Crippen LogP contribution in [0.3, 0.4) is 0 Å². The van der Waals surface area contributed by atoms with Gasteiger partial charge in [0.2, 0.25) is 0 Å². The van der Waals surface area contributed by atoms with E-state index in [0.717, 1.165) is 54.3 Å². The van der Waals surface area contributed by atoms with Gasteiger partial charge in [0, 0.05) is 26.2 Å². The molecular formula is C22H28N4O2. The van der Waals surface area contributed by atoms with Crippen LogP contribution in [-0.2, 0) is 17.6 Å². The molecule has 1 aliphatic carbocycles. The summed E-state index contributed by atoms with van der Waals surface area (Å²) in [7, 11) is 0. The number of hydrogen-bond acceptors (Lipinski definition) is 5. The molecule has 28 heavy (non-hydrogen) atoms. The Morgan fingerprint density at radius 3 is 2.43 bits per heavy atom. The third-order valence-electron chi connectivity index (χ3n) is 5.58. The molecule has 1 fully saturated rings.